The fourth-order valence-electron chi connectivity index (χ4n) is 3.05. The minimum atomic E-state index is -3.48. The average Bonchev–Trinajstić information content (AvgIpc) is 3.33. The highest BCUT2D eigenvalue weighted by molar-refractivity contribution is 7.91. The van der Waals surface area contributed by atoms with Crippen molar-refractivity contribution in [1.82, 2.24) is 14.2 Å². The Balaban J connectivity index is 1.56. The summed E-state index contributed by atoms with van der Waals surface area (Å²) in [6, 6.07) is 6.38. The maximum Gasteiger partial charge on any atom is 0.280 e. The summed E-state index contributed by atoms with van der Waals surface area (Å²) >= 11 is 1.10. The van der Waals surface area contributed by atoms with E-state index in [0.717, 1.165) is 29.1 Å². The molecule has 1 fully saturated rings. The van der Waals surface area contributed by atoms with Crippen molar-refractivity contribution in [1.29, 1.82) is 0 Å². The lowest BCUT2D eigenvalue weighted by Crippen LogP contribution is -2.29. The number of aromatic nitrogens is 1. The number of fused-ring (bicyclic) bond motifs is 1. The van der Waals surface area contributed by atoms with Crippen LogP contribution >= 0.6 is 11.3 Å². The van der Waals surface area contributed by atoms with Crippen LogP contribution in [0.4, 0.5) is 0 Å². The lowest BCUT2D eigenvalue weighted by Gasteiger charge is -2.14. The van der Waals surface area contributed by atoms with Crippen molar-refractivity contribution >= 4 is 33.2 Å². The third-order valence-corrected chi connectivity index (χ3v) is 7.78. The van der Waals surface area contributed by atoms with Crippen molar-refractivity contribution in [2.24, 2.45) is 0 Å². The summed E-state index contributed by atoms with van der Waals surface area (Å²) in [7, 11) is -3.48. The van der Waals surface area contributed by atoms with Gasteiger partial charge in [-0.25, -0.2) is 8.42 Å². The Bertz CT molecular complexity index is 926. The summed E-state index contributed by atoms with van der Waals surface area (Å²) in [6.07, 6.45) is 3.22. The number of hydrogen-bond donors (Lipinski definition) is 0. The first kappa shape index (κ1) is 16.4. The van der Waals surface area contributed by atoms with Gasteiger partial charge in [-0.15, -0.1) is 11.3 Å². The second kappa shape index (κ2) is 6.01. The van der Waals surface area contributed by atoms with Gasteiger partial charge in [-0.2, -0.15) is 4.31 Å². The summed E-state index contributed by atoms with van der Waals surface area (Å²) in [5.41, 5.74) is 0.433. The van der Waals surface area contributed by atoms with Gasteiger partial charge in [0.05, 0.1) is 12.1 Å². The normalized spacial score (nSPS) is 18.2. The van der Waals surface area contributed by atoms with Crippen LogP contribution in [0.3, 0.4) is 0 Å². The largest absolute Gasteiger partial charge is 0.280 e. The Labute approximate surface area is 148 Å². The van der Waals surface area contributed by atoms with Crippen molar-refractivity contribution < 1.29 is 18.0 Å². The number of carbonyl (C=O) groups excluding carboxylic acids is 2. The van der Waals surface area contributed by atoms with Gasteiger partial charge in [0.1, 0.15) is 9.90 Å². The van der Waals surface area contributed by atoms with E-state index in [0.29, 0.717) is 18.0 Å². The number of sulfonamides is 1. The second-order valence-corrected chi connectivity index (χ2v) is 9.26. The van der Waals surface area contributed by atoms with Crippen molar-refractivity contribution in [3.05, 3.63) is 46.6 Å². The van der Waals surface area contributed by atoms with Crippen LogP contribution in [-0.2, 0) is 16.6 Å². The van der Waals surface area contributed by atoms with E-state index in [4.69, 9.17) is 0 Å². The van der Waals surface area contributed by atoms with E-state index in [1.807, 2.05) is 0 Å². The molecule has 0 saturated carbocycles. The van der Waals surface area contributed by atoms with Crippen LogP contribution in [0.25, 0.3) is 0 Å². The Kier molecular flexibility index (Phi) is 3.94. The van der Waals surface area contributed by atoms with Gasteiger partial charge in [0.15, 0.2) is 0 Å². The molecule has 4 heterocycles. The summed E-state index contributed by atoms with van der Waals surface area (Å²) in [4.78, 5) is 30.4. The highest BCUT2D eigenvalue weighted by Crippen LogP contribution is 2.30. The summed E-state index contributed by atoms with van der Waals surface area (Å²) in [5, 5.41) is 0. The number of hydrogen-bond acceptors (Lipinski definition) is 6. The van der Waals surface area contributed by atoms with Gasteiger partial charge in [-0.1, -0.05) is 0 Å². The minimum Gasteiger partial charge on any atom is -0.268 e. The van der Waals surface area contributed by atoms with Gasteiger partial charge in [-0.05, 0) is 37.1 Å². The molecule has 0 aliphatic carbocycles. The van der Waals surface area contributed by atoms with E-state index in [2.05, 4.69) is 4.98 Å². The Morgan fingerprint density at radius 2 is 1.84 bits per heavy atom. The molecule has 0 N–H and O–H groups in total. The molecule has 0 atom stereocenters. The first-order chi connectivity index (χ1) is 12.0. The van der Waals surface area contributed by atoms with Crippen molar-refractivity contribution in [2.45, 2.75) is 23.6 Å². The molecule has 2 aromatic heterocycles. The van der Waals surface area contributed by atoms with Crippen LogP contribution in [0.1, 0.15) is 38.6 Å². The molecule has 2 amide bonds. The third kappa shape index (κ3) is 2.68. The van der Waals surface area contributed by atoms with Gasteiger partial charge < -0.3 is 0 Å². The van der Waals surface area contributed by atoms with E-state index in [9.17, 15) is 18.0 Å². The maximum atomic E-state index is 12.6. The Morgan fingerprint density at radius 1 is 1.08 bits per heavy atom. The van der Waals surface area contributed by atoms with Crippen LogP contribution in [0, 0.1) is 0 Å². The molecule has 2 aliphatic heterocycles. The molecule has 0 radical (unpaired) electrons. The van der Waals surface area contributed by atoms with Crippen molar-refractivity contribution in [3.8, 4) is 0 Å². The lowest BCUT2D eigenvalue weighted by molar-refractivity contribution is 0.0642. The zero-order valence-electron chi connectivity index (χ0n) is 13.2. The number of thiophene rings is 1. The van der Waals surface area contributed by atoms with Crippen LogP contribution in [0.2, 0.25) is 0 Å². The smallest absolute Gasteiger partial charge is 0.268 e. The van der Waals surface area contributed by atoms with Gasteiger partial charge in [0.2, 0.25) is 0 Å². The van der Waals surface area contributed by atoms with Crippen LogP contribution in [-0.4, -0.2) is 47.5 Å². The van der Waals surface area contributed by atoms with E-state index < -0.39 is 21.8 Å². The van der Waals surface area contributed by atoms with Gasteiger partial charge in [0.25, 0.3) is 21.8 Å². The first-order valence-corrected chi connectivity index (χ1v) is 10.1. The number of nitrogens with zero attached hydrogens (tertiary/aromatic N) is 3. The Morgan fingerprint density at radius 3 is 2.56 bits per heavy atom. The summed E-state index contributed by atoms with van der Waals surface area (Å²) in [6.45, 7) is 1.13. The molecule has 0 aromatic carbocycles. The fraction of sp³-hybridized carbons (Fsp3) is 0.312. The van der Waals surface area contributed by atoms with Crippen LogP contribution < -0.4 is 0 Å². The van der Waals surface area contributed by atoms with Gasteiger partial charge in [-0.3, -0.25) is 19.5 Å². The molecule has 0 bridgehead atoms. The first-order valence-electron chi connectivity index (χ1n) is 7.88. The molecule has 2 aliphatic rings. The highest BCUT2D eigenvalue weighted by atomic mass is 32.2. The van der Waals surface area contributed by atoms with E-state index in [1.165, 1.54) is 10.5 Å². The predicted octanol–water partition coefficient (Wildman–Crippen LogP) is 1.72. The average molecular weight is 377 g/mol. The standard InChI is InChI=1S/C16H15N3O4S2/c20-15-12-4-3-7-17-14(12)16(21)19(15)10-11-5-6-13(24-11)25(22,23)18-8-1-2-9-18/h3-7H,1-2,8-10H2. The van der Waals surface area contributed by atoms with E-state index in [-0.39, 0.29) is 22.0 Å². The number of imide groups is 1. The van der Waals surface area contributed by atoms with Gasteiger partial charge in [0, 0.05) is 24.2 Å². The fourth-order valence-corrected chi connectivity index (χ4v) is 6.07. The number of rotatable bonds is 4. The SMILES string of the molecule is O=C1c2cccnc2C(=O)N1Cc1ccc(S(=O)(=O)N2CCCC2)s1. The summed E-state index contributed by atoms with van der Waals surface area (Å²) < 4.78 is 26.9. The zero-order chi connectivity index (χ0) is 17.6. The monoisotopic (exact) mass is 377 g/mol. The molecule has 7 nitrogen and oxygen atoms in total. The maximum absolute atomic E-state index is 12.6. The van der Waals surface area contributed by atoms with Crippen molar-refractivity contribution in [3.63, 3.8) is 0 Å². The zero-order valence-corrected chi connectivity index (χ0v) is 14.8. The number of pyridine rings is 1. The number of amides is 2. The molecule has 25 heavy (non-hydrogen) atoms. The molecule has 1 saturated heterocycles. The quantitative estimate of drug-likeness (QED) is 0.757. The van der Waals surface area contributed by atoms with E-state index >= 15 is 0 Å². The molecule has 4 rings (SSSR count). The third-order valence-electron chi connectivity index (χ3n) is 4.34. The molecular weight excluding hydrogens is 362 g/mol. The van der Waals surface area contributed by atoms with Crippen LogP contribution in [0.15, 0.2) is 34.7 Å². The molecule has 130 valence electrons. The molecular formula is C16H15N3O4S2. The van der Waals surface area contributed by atoms with Crippen molar-refractivity contribution in [2.75, 3.05) is 13.1 Å². The summed E-state index contributed by atoms with van der Waals surface area (Å²) in [5.74, 6) is -0.844. The van der Waals surface area contributed by atoms with Crippen LogP contribution in [0.5, 0.6) is 0 Å². The Hall–Kier alpha value is -2.10. The molecule has 0 spiro atoms. The van der Waals surface area contributed by atoms with Gasteiger partial charge >= 0.3 is 0 Å². The molecule has 9 heteroatoms. The predicted molar refractivity (Wildman–Crippen MR) is 90.8 cm³/mol. The highest BCUT2D eigenvalue weighted by Gasteiger charge is 2.37. The van der Waals surface area contributed by atoms with E-state index in [1.54, 1.807) is 24.3 Å². The lowest BCUT2D eigenvalue weighted by atomic mass is 10.2. The minimum absolute atomic E-state index is 0.0498. The molecule has 0 unspecified atom stereocenters. The topological polar surface area (TPSA) is 87.6 Å². The number of carbonyl (C=O) groups is 2. The molecule has 2 aromatic rings. The second-order valence-electron chi connectivity index (χ2n) is 5.93.